The number of anilines is 2. The quantitative estimate of drug-likeness (QED) is 0.937. The predicted molar refractivity (Wildman–Crippen MR) is 84.2 cm³/mol. The zero-order valence-corrected chi connectivity index (χ0v) is 12.7. The van der Waals surface area contributed by atoms with Crippen molar-refractivity contribution >= 4 is 29.2 Å². The Bertz CT molecular complexity index is 695. The van der Waals surface area contributed by atoms with Crippen molar-refractivity contribution in [2.45, 2.75) is 13.0 Å². The van der Waals surface area contributed by atoms with Crippen LogP contribution >= 0.6 is 11.6 Å². The Labute approximate surface area is 133 Å². The van der Waals surface area contributed by atoms with Gasteiger partial charge >= 0.3 is 6.09 Å². The molecular weight excluding hydrogens is 304 g/mol. The van der Waals surface area contributed by atoms with Crippen LogP contribution in [0, 0.1) is 0 Å². The molecule has 0 radical (unpaired) electrons. The molecule has 2 heterocycles. The molecule has 1 amide bonds. The van der Waals surface area contributed by atoms with Crippen molar-refractivity contribution in [1.82, 2.24) is 9.97 Å². The second-order valence-electron chi connectivity index (χ2n) is 4.95. The molecular formula is C15H15ClN4O2. The molecule has 1 unspecified atom stereocenters. The van der Waals surface area contributed by atoms with Crippen LogP contribution in [0.25, 0.3) is 0 Å². The maximum atomic E-state index is 11.6. The first-order chi connectivity index (χ1) is 10.6. The summed E-state index contributed by atoms with van der Waals surface area (Å²) in [5.74, 6) is 0.579. The summed E-state index contributed by atoms with van der Waals surface area (Å²) in [7, 11) is 0. The smallest absolute Gasteiger partial charge is 0.414 e. The number of amides is 1. The number of aromatic nitrogens is 2. The fourth-order valence-electron chi connectivity index (χ4n) is 2.30. The summed E-state index contributed by atoms with van der Waals surface area (Å²) in [6, 6.07) is 7.72. The third-order valence-electron chi connectivity index (χ3n) is 3.46. The van der Waals surface area contributed by atoms with Crippen LogP contribution in [0.1, 0.15) is 18.5 Å². The summed E-state index contributed by atoms with van der Waals surface area (Å²) >= 11 is 6.05. The largest absolute Gasteiger partial charge is 0.447 e. The van der Waals surface area contributed by atoms with Crippen LogP contribution in [0.2, 0.25) is 5.02 Å². The number of hydrogen-bond donors (Lipinski definition) is 1. The van der Waals surface area contributed by atoms with Crippen LogP contribution in [0.15, 0.2) is 36.8 Å². The zero-order chi connectivity index (χ0) is 15.5. The fraction of sp³-hybridized carbons (Fsp3) is 0.267. The molecule has 3 rings (SSSR count). The molecule has 6 nitrogen and oxygen atoms in total. The molecule has 0 bridgehead atoms. The second kappa shape index (κ2) is 6.19. The third kappa shape index (κ3) is 2.96. The Morgan fingerprint density at radius 3 is 3.05 bits per heavy atom. The van der Waals surface area contributed by atoms with Gasteiger partial charge in [0.15, 0.2) is 0 Å². The highest BCUT2D eigenvalue weighted by Gasteiger charge is 2.24. The van der Waals surface area contributed by atoms with E-state index in [-0.39, 0.29) is 12.1 Å². The van der Waals surface area contributed by atoms with Gasteiger partial charge in [0.2, 0.25) is 0 Å². The molecule has 1 N–H and O–H groups in total. The number of nitrogens with zero attached hydrogens (tertiary/aromatic N) is 3. The van der Waals surface area contributed by atoms with Crippen molar-refractivity contribution in [2.24, 2.45) is 0 Å². The second-order valence-corrected chi connectivity index (χ2v) is 5.35. The Hall–Kier alpha value is -2.34. The van der Waals surface area contributed by atoms with Gasteiger partial charge in [-0.1, -0.05) is 23.7 Å². The normalized spacial score (nSPS) is 15.5. The van der Waals surface area contributed by atoms with Crippen LogP contribution in [0.4, 0.5) is 16.3 Å². The summed E-state index contributed by atoms with van der Waals surface area (Å²) in [5.41, 5.74) is 1.84. The van der Waals surface area contributed by atoms with Crippen molar-refractivity contribution < 1.29 is 9.53 Å². The first-order valence-corrected chi connectivity index (χ1v) is 7.29. The highest BCUT2D eigenvalue weighted by molar-refractivity contribution is 6.32. The molecule has 1 aromatic carbocycles. The average molecular weight is 319 g/mol. The van der Waals surface area contributed by atoms with Crippen molar-refractivity contribution in [2.75, 3.05) is 23.4 Å². The minimum Gasteiger partial charge on any atom is -0.447 e. The Balaban J connectivity index is 1.79. The van der Waals surface area contributed by atoms with E-state index in [2.05, 4.69) is 15.3 Å². The molecule has 1 atom stereocenters. The number of carbonyl (C=O) groups excluding carboxylic acids is 1. The van der Waals surface area contributed by atoms with Gasteiger partial charge < -0.3 is 10.1 Å². The molecule has 2 aromatic rings. The first kappa shape index (κ1) is 14.6. The number of cyclic esters (lactones) is 1. The van der Waals surface area contributed by atoms with Gasteiger partial charge in [0, 0.05) is 5.69 Å². The number of rotatable bonds is 4. The van der Waals surface area contributed by atoms with Gasteiger partial charge in [0.05, 0.1) is 18.8 Å². The maximum absolute atomic E-state index is 11.6. The molecule has 114 valence electrons. The van der Waals surface area contributed by atoms with Crippen molar-refractivity contribution in [3.05, 3.63) is 47.4 Å². The molecule has 1 fully saturated rings. The zero-order valence-electron chi connectivity index (χ0n) is 12.0. The van der Waals surface area contributed by atoms with Crippen molar-refractivity contribution in [1.29, 1.82) is 0 Å². The molecule has 1 saturated heterocycles. The molecule has 22 heavy (non-hydrogen) atoms. The van der Waals surface area contributed by atoms with E-state index in [1.54, 1.807) is 11.1 Å². The van der Waals surface area contributed by atoms with Crippen LogP contribution in [-0.4, -0.2) is 29.2 Å². The van der Waals surface area contributed by atoms with E-state index < -0.39 is 0 Å². The molecule has 1 aliphatic rings. The summed E-state index contributed by atoms with van der Waals surface area (Å²) in [6.07, 6.45) is 2.68. The monoisotopic (exact) mass is 318 g/mol. The lowest BCUT2D eigenvalue weighted by molar-refractivity contribution is 0.181. The minimum absolute atomic E-state index is 0.0222. The van der Waals surface area contributed by atoms with E-state index in [9.17, 15) is 4.79 Å². The van der Waals surface area contributed by atoms with Crippen LogP contribution < -0.4 is 10.2 Å². The molecule has 0 saturated carbocycles. The third-order valence-corrected chi connectivity index (χ3v) is 3.74. The lowest BCUT2D eigenvalue weighted by Gasteiger charge is -2.18. The van der Waals surface area contributed by atoms with Crippen LogP contribution in [0.3, 0.4) is 0 Å². The van der Waals surface area contributed by atoms with Crippen molar-refractivity contribution in [3.8, 4) is 0 Å². The highest BCUT2D eigenvalue weighted by Crippen LogP contribution is 2.26. The number of halogens is 1. The maximum Gasteiger partial charge on any atom is 0.414 e. The van der Waals surface area contributed by atoms with Gasteiger partial charge in [-0.15, -0.1) is 0 Å². The van der Waals surface area contributed by atoms with E-state index in [4.69, 9.17) is 16.3 Å². The van der Waals surface area contributed by atoms with Crippen molar-refractivity contribution in [3.63, 3.8) is 0 Å². The molecule has 7 heteroatoms. The summed E-state index contributed by atoms with van der Waals surface area (Å²) < 4.78 is 4.97. The lowest BCUT2D eigenvalue weighted by Crippen LogP contribution is -2.23. The summed E-state index contributed by atoms with van der Waals surface area (Å²) in [5, 5.41) is 3.70. The van der Waals surface area contributed by atoms with Crippen LogP contribution in [-0.2, 0) is 4.74 Å². The number of nitrogens with one attached hydrogen (secondary N) is 1. The van der Waals surface area contributed by atoms with E-state index >= 15 is 0 Å². The van der Waals surface area contributed by atoms with Gasteiger partial charge in [-0.05, 0) is 24.6 Å². The number of carbonyl (C=O) groups is 1. The van der Waals surface area contributed by atoms with E-state index in [1.165, 1.54) is 6.33 Å². The Kier molecular flexibility index (Phi) is 4.11. The molecule has 1 aromatic heterocycles. The Morgan fingerprint density at radius 2 is 2.32 bits per heavy atom. The summed E-state index contributed by atoms with van der Waals surface area (Å²) in [4.78, 5) is 21.2. The van der Waals surface area contributed by atoms with Gasteiger partial charge in [-0.2, -0.15) is 0 Å². The molecule has 0 aliphatic carbocycles. The lowest BCUT2D eigenvalue weighted by atomic mass is 10.1. The molecule has 0 spiro atoms. The van der Waals surface area contributed by atoms with Gasteiger partial charge in [0.1, 0.15) is 23.8 Å². The molecule has 1 aliphatic heterocycles. The van der Waals surface area contributed by atoms with Gasteiger partial charge in [-0.25, -0.2) is 14.8 Å². The summed E-state index contributed by atoms with van der Waals surface area (Å²) in [6.45, 7) is 3.00. The van der Waals surface area contributed by atoms with Gasteiger partial charge in [0.25, 0.3) is 0 Å². The number of ether oxygens (including phenoxy) is 1. The standard InChI is InChI=1S/C15H15ClN4O2/c1-10(19-14-13(16)8-17-9-18-14)11-3-2-4-12(7-11)20-5-6-22-15(20)21/h2-4,7-10H,5-6H2,1H3,(H,17,18,19). The van der Waals surface area contributed by atoms with Crippen LogP contribution in [0.5, 0.6) is 0 Å². The predicted octanol–water partition coefficient (Wildman–Crippen LogP) is 3.26. The first-order valence-electron chi connectivity index (χ1n) is 6.91. The number of benzene rings is 1. The topological polar surface area (TPSA) is 67.3 Å². The average Bonchev–Trinajstić information content (AvgIpc) is 2.96. The van der Waals surface area contributed by atoms with E-state index in [1.807, 2.05) is 31.2 Å². The minimum atomic E-state index is -0.309. The van der Waals surface area contributed by atoms with E-state index in [0.717, 1.165) is 11.3 Å². The highest BCUT2D eigenvalue weighted by atomic mass is 35.5. The number of hydrogen-bond acceptors (Lipinski definition) is 5. The SMILES string of the molecule is CC(Nc1ncncc1Cl)c1cccc(N2CCOC2=O)c1. The fourth-order valence-corrected chi connectivity index (χ4v) is 2.46. The van der Waals surface area contributed by atoms with Gasteiger partial charge in [-0.3, -0.25) is 4.90 Å². The van der Waals surface area contributed by atoms with E-state index in [0.29, 0.717) is 24.0 Å². The Morgan fingerprint density at radius 1 is 1.45 bits per heavy atom.